The molecule has 0 unspecified atom stereocenters. The summed E-state index contributed by atoms with van der Waals surface area (Å²) in [6.07, 6.45) is 9.64. The molecule has 112 valence electrons. The largest absolute Gasteiger partial charge is 0.292 e. The number of nitrogens with one attached hydrogen (secondary N) is 2. The van der Waals surface area contributed by atoms with Crippen molar-refractivity contribution in [1.29, 1.82) is 0 Å². The predicted octanol–water partition coefficient (Wildman–Crippen LogP) is 1.01. The standard InChI is InChI=1S/C12H21N5O2S/c13-17-12-14-8-11(9-15-12)20(18,19)16-7-3-6-10-4-1-2-5-10/h8-10,16H,1-7,13H2,(H,14,15,17). The van der Waals surface area contributed by atoms with Crippen LogP contribution in [0.3, 0.4) is 0 Å². The van der Waals surface area contributed by atoms with Gasteiger partial charge in [0.05, 0.1) is 12.4 Å². The minimum absolute atomic E-state index is 0.0531. The van der Waals surface area contributed by atoms with Gasteiger partial charge in [-0.25, -0.2) is 29.0 Å². The summed E-state index contributed by atoms with van der Waals surface area (Å²) in [6, 6.07) is 0. The summed E-state index contributed by atoms with van der Waals surface area (Å²) in [6.45, 7) is 0.454. The average Bonchev–Trinajstić information content (AvgIpc) is 2.97. The lowest BCUT2D eigenvalue weighted by molar-refractivity contribution is 0.480. The second-order valence-electron chi connectivity index (χ2n) is 5.08. The van der Waals surface area contributed by atoms with E-state index < -0.39 is 10.0 Å². The zero-order chi connectivity index (χ0) is 14.4. The number of nitrogens with zero attached hydrogens (tertiary/aromatic N) is 2. The first-order chi connectivity index (χ1) is 9.62. The Bertz CT molecular complexity index is 511. The molecule has 0 spiro atoms. The molecule has 4 N–H and O–H groups in total. The van der Waals surface area contributed by atoms with Gasteiger partial charge in [-0.1, -0.05) is 25.7 Å². The fraction of sp³-hybridized carbons (Fsp3) is 0.667. The van der Waals surface area contributed by atoms with Crippen LogP contribution in [0.2, 0.25) is 0 Å². The van der Waals surface area contributed by atoms with Crippen LogP contribution in [0.5, 0.6) is 0 Å². The molecule has 1 aliphatic rings. The van der Waals surface area contributed by atoms with Gasteiger partial charge >= 0.3 is 0 Å². The zero-order valence-corrected chi connectivity index (χ0v) is 12.2. The summed E-state index contributed by atoms with van der Waals surface area (Å²) < 4.78 is 26.5. The Morgan fingerprint density at radius 1 is 1.25 bits per heavy atom. The van der Waals surface area contributed by atoms with E-state index in [1.165, 1.54) is 38.1 Å². The highest BCUT2D eigenvalue weighted by Gasteiger charge is 2.17. The molecule has 1 saturated carbocycles. The first-order valence-corrected chi connectivity index (χ1v) is 8.38. The third-order valence-electron chi connectivity index (χ3n) is 3.62. The molecular weight excluding hydrogens is 278 g/mol. The van der Waals surface area contributed by atoms with Crippen LogP contribution in [0, 0.1) is 5.92 Å². The highest BCUT2D eigenvalue weighted by atomic mass is 32.2. The molecule has 1 aromatic heterocycles. The number of anilines is 1. The molecule has 2 rings (SSSR count). The lowest BCUT2D eigenvalue weighted by Crippen LogP contribution is -2.25. The molecule has 0 saturated heterocycles. The van der Waals surface area contributed by atoms with Crippen molar-refractivity contribution in [3.05, 3.63) is 12.4 Å². The van der Waals surface area contributed by atoms with Gasteiger partial charge in [0, 0.05) is 6.54 Å². The molecule has 20 heavy (non-hydrogen) atoms. The van der Waals surface area contributed by atoms with Gasteiger partial charge in [0.15, 0.2) is 0 Å². The Morgan fingerprint density at radius 3 is 2.50 bits per heavy atom. The lowest BCUT2D eigenvalue weighted by atomic mass is 10.0. The van der Waals surface area contributed by atoms with Crippen LogP contribution in [0.1, 0.15) is 38.5 Å². The molecule has 0 aliphatic heterocycles. The Kier molecular flexibility index (Phi) is 5.27. The van der Waals surface area contributed by atoms with E-state index in [9.17, 15) is 8.42 Å². The Balaban J connectivity index is 1.80. The average molecular weight is 299 g/mol. The van der Waals surface area contributed by atoms with Crippen molar-refractivity contribution in [2.24, 2.45) is 11.8 Å². The second kappa shape index (κ2) is 6.96. The molecule has 1 fully saturated rings. The minimum atomic E-state index is -3.52. The highest BCUT2D eigenvalue weighted by molar-refractivity contribution is 7.89. The topological polar surface area (TPSA) is 110 Å². The Morgan fingerprint density at radius 2 is 1.90 bits per heavy atom. The summed E-state index contributed by atoms with van der Waals surface area (Å²) in [5.41, 5.74) is 2.25. The van der Waals surface area contributed by atoms with E-state index in [2.05, 4.69) is 20.1 Å². The maximum Gasteiger partial charge on any atom is 0.243 e. The molecule has 0 amide bonds. The summed E-state index contributed by atoms with van der Waals surface area (Å²) in [5.74, 6) is 6.09. The molecule has 0 aromatic carbocycles. The molecule has 0 bridgehead atoms. The number of hydrogen-bond donors (Lipinski definition) is 3. The summed E-state index contributed by atoms with van der Waals surface area (Å²) in [5, 5.41) is 0. The first kappa shape index (κ1) is 15.1. The van der Waals surface area contributed by atoms with Gasteiger partial charge < -0.3 is 0 Å². The number of rotatable bonds is 7. The van der Waals surface area contributed by atoms with Crippen LogP contribution in [-0.4, -0.2) is 24.9 Å². The Hall–Kier alpha value is -1.25. The number of hydrazine groups is 1. The van der Waals surface area contributed by atoms with Crippen LogP contribution < -0.4 is 16.0 Å². The molecule has 1 aliphatic carbocycles. The summed E-state index contributed by atoms with van der Waals surface area (Å²) >= 11 is 0. The van der Waals surface area contributed by atoms with E-state index >= 15 is 0 Å². The maximum atomic E-state index is 12.0. The number of sulfonamides is 1. The quantitative estimate of drug-likeness (QED) is 0.394. The lowest BCUT2D eigenvalue weighted by Gasteiger charge is -2.09. The smallest absolute Gasteiger partial charge is 0.243 e. The monoisotopic (exact) mass is 299 g/mol. The van der Waals surface area contributed by atoms with E-state index in [-0.39, 0.29) is 10.8 Å². The van der Waals surface area contributed by atoms with Crippen LogP contribution in [0.15, 0.2) is 17.3 Å². The molecule has 0 radical (unpaired) electrons. The van der Waals surface area contributed by atoms with Gasteiger partial charge in [-0.3, -0.25) is 5.43 Å². The fourth-order valence-electron chi connectivity index (χ4n) is 2.51. The van der Waals surface area contributed by atoms with Gasteiger partial charge in [0.25, 0.3) is 0 Å². The highest BCUT2D eigenvalue weighted by Crippen LogP contribution is 2.28. The third-order valence-corrected chi connectivity index (χ3v) is 5.04. The van der Waals surface area contributed by atoms with E-state index in [4.69, 9.17) is 5.84 Å². The van der Waals surface area contributed by atoms with E-state index in [1.807, 2.05) is 0 Å². The van der Waals surface area contributed by atoms with Crippen LogP contribution in [-0.2, 0) is 10.0 Å². The van der Waals surface area contributed by atoms with Crippen molar-refractivity contribution in [3.8, 4) is 0 Å². The normalized spacial score (nSPS) is 16.4. The molecule has 0 atom stereocenters. The van der Waals surface area contributed by atoms with Crippen molar-refractivity contribution >= 4 is 16.0 Å². The molecule has 1 aromatic rings. The van der Waals surface area contributed by atoms with Crippen LogP contribution in [0.4, 0.5) is 5.95 Å². The second-order valence-corrected chi connectivity index (χ2v) is 6.84. The Labute approximate surface area is 119 Å². The number of nitrogen functional groups attached to an aromatic ring is 1. The first-order valence-electron chi connectivity index (χ1n) is 6.90. The van der Waals surface area contributed by atoms with Crippen molar-refractivity contribution < 1.29 is 8.42 Å². The fourth-order valence-corrected chi connectivity index (χ4v) is 3.47. The van der Waals surface area contributed by atoms with Gasteiger partial charge in [0.2, 0.25) is 16.0 Å². The van der Waals surface area contributed by atoms with Crippen LogP contribution in [0.25, 0.3) is 0 Å². The summed E-state index contributed by atoms with van der Waals surface area (Å²) in [7, 11) is -3.52. The summed E-state index contributed by atoms with van der Waals surface area (Å²) in [4.78, 5) is 7.63. The van der Waals surface area contributed by atoms with Crippen molar-refractivity contribution in [2.75, 3.05) is 12.0 Å². The van der Waals surface area contributed by atoms with E-state index in [0.717, 1.165) is 18.8 Å². The molecular formula is C12H21N5O2S. The van der Waals surface area contributed by atoms with Crippen molar-refractivity contribution in [3.63, 3.8) is 0 Å². The SMILES string of the molecule is NNc1ncc(S(=O)(=O)NCCCC2CCCC2)cn1. The predicted molar refractivity (Wildman–Crippen MR) is 76.2 cm³/mol. The minimum Gasteiger partial charge on any atom is -0.292 e. The number of hydrogen-bond acceptors (Lipinski definition) is 6. The maximum absolute atomic E-state index is 12.0. The molecule has 8 heteroatoms. The van der Waals surface area contributed by atoms with E-state index in [0.29, 0.717) is 6.54 Å². The van der Waals surface area contributed by atoms with Gasteiger partial charge in [-0.05, 0) is 18.8 Å². The number of nitrogens with two attached hydrogens (primary N) is 1. The van der Waals surface area contributed by atoms with Gasteiger partial charge in [-0.15, -0.1) is 0 Å². The van der Waals surface area contributed by atoms with Crippen LogP contribution >= 0.6 is 0 Å². The molecule has 7 nitrogen and oxygen atoms in total. The van der Waals surface area contributed by atoms with Gasteiger partial charge in [0.1, 0.15) is 4.90 Å². The molecule has 1 heterocycles. The zero-order valence-electron chi connectivity index (χ0n) is 11.4. The number of aromatic nitrogens is 2. The van der Waals surface area contributed by atoms with Gasteiger partial charge in [-0.2, -0.15) is 0 Å². The van der Waals surface area contributed by atoms with Crippen molar-refractivity contribution in [2.45, 2.75) is 43.4 Å². The van der Waals surface area contributed by atoms with Crippen molar-refractivity contribution in [1.82, 2.24) is 14.7 Å². The van der Waals surface area contributed by atoms with E-state index in [1.54, 1.807) is 0 Å². The third kappa shape index (κ3) is 4.12.